The molecular weight excluding hydrogens is 408 g/mol. The first kappa shape index (κ1) is 18.6. The van der Waals surface area contributed by atoms with Crippen LogP contribution in [0.15, 0.2) is 89.4 Å². The van der Waals surface area contributed by atoms with E-state index in [1.54, 1.807) is 12.1 Å². The summed E-state index contributed by atoms with van der Waals surface area (Å²) >= 11 is 4.63. The molecule has 3 rings (SSSR count). The van der Waals surface area contributed by atoms with Crippen LogP contribution in [0.4, 0.5) is 0 Å². The number of carbonyl (C=O) groups is 2. The summed E-state index contributed by atoms with van der Waals surface area (Å²) in [7, 11) is 0. The van der Waals surface area contributed by atoms with Crippen LogP contribution in [-0.4, -0.2) is 10.9 Å². The number of thioether (sulfide) groups is 1. The molecule has 3 aromatic rings. The van der Waals surface area contributed by atoms with Gasteiger partial charge >= 0.3 is 0 Å². The van der Waals surface area contributed by atoms with E-state index >= 15 is 0 Å². The fourth-order valence-corrected chi connectivity index (χ4v) is 3.91. The molecule has 1 unspecified atom stereocenters. The maximum atomic E-state index is 12.7. The third kappa shape index (κ3) is 4.93. The summed E-state index contributed by atoms with van der Waals surface area (Å²) in [6, 6.07) is 26.2. The Kier molecular flexibility index (Phi) is 6.42. The van der Waals surface area contributed by atoms with E-state index in [2.05, 4.69) is 15.9 Å². The van der Waals surface area contributed by atoms with Gasteiger partial charge in [-0.2, -0.15) is 0 Å². The van der Waals surface area contributed by atoms with Gasteiger partial charge in [0.15, 0.2) is 5.78 Å². The average Bonchev–Trinajstić information content (AvgIpc) is 2.69. The van der Waals surface area contributed by atoms with Crippen molar-refractivity contribution < 1.29 is 9.59 Å². The SMILES string of the molecule is O=C(CC(SC(=O)c1ccccc1)c1ccc(Br)cc1)c1ccccc1. The first-order valence-corrected chi connectivity index (χ1v) is 9.90. The number of carbonyl (C=O) groups excluding carboxylic acids is 2. The summed E-state index contributed by atoms with van der Waals surface area (Å²) in [5.41, 5.74) is 2.28. The van der Waals surface area contributed by atoms with Crippen molar-refractivity contribution in [3.05, 3.63) is 106 Å². The summed E-state index contributed by atoms with van der Waals surface area (Å²) < 4.78 is 0.966. The fraction of sp³-hybridized carbons (Fsp3) is 0.0909. The second kappa shape index (κ2) is 8.97. The van der Waals surface area contributed by atoms with Crippen LogP contribution in [0, 0.1) is 0 Å². The van der Waals surface area contributed by atoms with Gasteiger partial charge in [-0.15, -0.1) is 0 Å². The van der Waals surface area contributed by atoms with E-state index in [1.807, 2.05) is 72.8 Å². The van der Waals surface area contributed by atoms with Gasteiger partial charge in [0.1, 0.15) is 0 Å². The number of benzene rings is 3. The lowest BCUT2D eigenvalue weighted by molar-refractivity contribution is 0.0982. The van der Waals surface area contributed by atoms with E-state index in [1.165, 1.54) is 11.8 Å². The molecule has 0 saturated heterocycles. The Morgan fingerprint density at radius 1 is 0.769 bits per heavy atom. The zero-order valence-corrected chi connectivity index (χ0v) is 16.4. The highest BCUT2D eigenvalue weighted by molar-refractivity contribution is 9.10. The highest BCUT2D eigenvalue weighted by Gasteiger charge is 2.22. The van der Waals surface area contributed by atoms with Crippen LogP contribution in [-0.2, 0) is 0 Å². The summed E-state index contributed by atoms with van der Waals surface area (Å²) in [5, 5.41) is -0.261. The van der Waals surface area contributed by atoms with Crippen LogP contribution in [0.5, 0.6) is 0 Å². The molecule has 0 aromatic heterocycles. The molecule has 0 spiro atoms. The minimum absolute atomic E-state index is 0.0284. The van der Waals surface area contributed by atoms with Gasteiger partial charge < -0.3 is 0 Å². The number of hydrogen-bond donors (Lipinski definition) is 0. The minimum Gasteiger partial charge on any atom is -0.294 e. The van der Waals surface area contributed by atoms with Crippen molar-refractivity contribution in [3.8, 4) is 0 Å². The van der Waals surface area contributed by atoms with Gasteiger partial charge in [-0.25, -0.2) is 0 Å². The van der Waals surface area contributed by atoms with E-state index in [-0.39, 0.29) is 22.6 Å². The molecule has 26 heavy (non-hydrogen) atoms. The second-order valence-electron chi connectivity index (χ2n) is 5.80. The van der Waals surface area contributed by atoms with Crippen molar-refractivity contribution >= 4 is 38.6 Å². The quantitative estimate of drug-likeness (QED) is 0.433. The van der Waals surface area contributed by atoms with Crippen molar-refractivity contribution in [1.82, 2.24) is 0 Å². The lowest BCUT2D eigenvalue weighted by atomic mass is 10.0. The molecule has 0 bridgehead atoms. The normalized spacial score (nSPS) is 11.7. The van der Waals surface area contributed by atoms with Crippen molar-refractivity contribution in [2.24, 2.45) is 0 Å². The van der Waals surface area contributed by atoms with Crippen LogP contribution in [0.1, 0.15) is 38.0 Å². The summed E-state index contributed by atoms with van der Waals surface area (Å²) in [6.07, 6.45) is 0.273. The highest BCUT2D eigenvalue weighted by Crippen LogP contribution is 2.36. The average molecular weight is 425 g/mol. The van der Waals surface area contributed by atoms with Gasteiger partial charge in [0.05, 0.1) is 0 Å². The molecule has 130 valence electrons. The number of Topliss-reactive ketones (excluding diaryl/α,β-unsaturated/α-hetero) is 1. The maximum Gasteiger partial charge on any atom is 0.219 e. The topological polar surface area (TPSA) is 34.1 Å². The number of rotatable bonds is 6. The second-order valence-corrected chi connectivity index (χ2v) is 7.90. The van der Waals surface area contributed by atoms with Gasteiger partial charge in [-0.05, 0) is 17.7 Å². The van der Waals surface area contributed by atoms with E-state index in [0.29, 0.717) is 11.1 Å². The van der Waals surface area contributed by atoms with Gasteiger partial charge in [0.25, 0.3) is 0 Å². The maximum absolute atomic E-state index is 12.7. The lowest BCUT2D eigenvalue weighted by Gasteiger charge is -2.16. The standard InChI is InChI=1S/C22H17BrO2S/c23-19-13-11-17(12-14-19)21(15-20(24)16-7-3-1-4-8-16)26-22(25)18-9-5-2-6-10-18/h1-14,21H,15H2. The van der Waals surface area contributed by atoms with Crippen LogP contribution in [0.25, 0.3) is 0 Å². The van der Waals surface area contributed by atoms with Gasteiger partial charge in [-0.1, -0.05) is 100 Å². The molecule has 4 heteroatoms. The Hall–Kier alpha value is -2.17. The Morgan fingerprint density at radius 2 is 1.31 bits per heavy atom. The third-order valence-corrected chi connectivity index (χ3v) is 5.67. The van der Waals surface area contributed by atoms with E-state index in [0.717, 1.165) is 10.0 Å². The molecule has 0 aliphatic heterocycles. The molecule has 0 aliphatic carbocycles. The number of halogens is 1. The molecule has 0 amide bonds. The first-order valence-electron chi connectivity index (χ1n) is 8.23. The molecule has 1 atom stereocenters. The van der Waals surface area contributed by atoms with Crippen molar-refractivity contribution in [2.75, 3.05) is 0 Å². The number of hydrogen-bond acceptors (Lipinski definition) is 3. The molecule has 0 N–H and O–H groups in total. The molecule has 0 saturated carbocycles. The molecule has 0 fully saturated rings. The summed E-state index contributed by atoms with van der Waals surface area (Å²) in [6.45, 7) is 0. The van der Waals surface area contributed by atoms with Gasteiger partial charge in [0, 0.05) is 27.3 Å². The molecule has 0 radical (unpaired) electrons. The summed E-state index contributed by atoms with van der Waals surface area (Å²) in [5.74, 6) is 0.0341. The zero-order chi connectivity index (χ0) is 18.4. The Labute approximate surface area is 165 Å². The minimum atomic E-state index is -0.233. The fourth-order valence-electron chi connectivity index (χ4n) is 2.59. The van der Waals surface area contributed by atoms with Crippen molar-refractivity contribution in [1.29, 1.82) is 0 Å². The van der Waals surface area contributed by atoms with E-state index in [4.69, 9.17) is 0 Å². The molecule has 2 nitrogen and oxygen atoms in total. The van der Waals surface area contributed by atoms with E-state index in [9.17, 15) is 9.59 Å². The first-order chi connectivity index (χ1) is 12.6. The molecular formula is C22H17BrO2S. The van der Waals surface area contributed by atoms with Gasteiger partial charge in [0.2, 0.25) is 5.12 Å². The molecule has 3 aromatic carbocycles. The predicted octanol–water partition coefficient (Wildman–Crippen LogP) is 6.34. The van der Waals surface area contributed by atoms with Crippen LogP contribution in [0.3, 0.4) is 0 Å². The van der Waals surface area contributed by atoms with Crippen LogP contribution < -0.4 is 0 Å². The van der Waals surface area contributed by atoms with Crippen molar-refractivity contribution in [3.63, 3.8) is 0 Å². The Bertz CT molecular complexity index is 824. The monoisotopic (exact) mass is 424 g/mol. The van der Waals surface area contributed by atoms with E-state index < -0.39 is 0 Å². The number of ketones is 1. The molecule has 0 heterocycles. The van der Waals surface area contributed by atoms with Crippen LogP contribution in [0.2, 0.25) is 0 Å². The summed E-state index contributed by atoms with van der Waals surface area (Å²) in [4.78, 5) is 25.3. The highest BCUT2D eigenvalue weighted by atomic mass is 79.9. The Morgan fingerprint density at radius 3 is 1.88 bits per heavy atom. The van der Waals surface area contributed by atoms with Gasteiger partial charge in [-0.3, -0.25) is 9.59 Å². The predicted molar refractivity (Wildman–Crippen MR) is 111 cm³/mol. The zero-order valence-electron chi connectivity index (χ0n) is 14.0. The smallest absolute Gasteiger partial charge is 0.219 e. The third-order valence-electron chi connectivity index (χ3n) is 3.97. The van der Waals surface area contributed by atoms with Crippen molar-refractivity contribution in [2.45, 2.75) is 11.7 Å². The van der Waals surface area contributed by atoms with Crippen LogP contribution >= 0.6 is 27.7 Å². The lowest BCUT2D eigenvalue weighted by Crippen LogP contribution is -2.08. The molecule has 0 aliphatic rings. The largest absolute Gasteiger partial charge is 0.294 e. The Balaban J connectivity index is 1.83.